The molecule has 0 radical (unpaired) electrons. The van der Waals surface area contributed by atoms with Gasteiger partial charge in [0.05, 0.1) is 43.2 Å². The molecule has 10 heteroatoms. The van der Waals surface area contributed by atoms with Gasteiger partial charge < -0.3 is 9.64 Å². The molecule has 5 heterocycles. The molecule has 1 aliphatic heterocycles. The minimum atomic E-state index is -0.458. The molecule has 0 spiro atoms. The number of ether oxygens (including phenoxy) is 1. The summed E-state index contributed by atoms with van der Waals surface area (Å²) < 4.78 is 21.7. The van der Waals surface area contributed by atoms with Crippen LogP contribution in [0.4, 0.5) is 10.2 Å². The molecular weight excluding hydrogens is 375 g/mol. The number of H-pyrrole nitrogens is 1. The maximum absolute atomic E-state index is 12.7. The highest BCUT2D eigenvalue weighted by Crippen LogP contribution is 2.30. The molecule has 9 nitrogen and oxygen atoms in total. The summed E-state index contributed by atoms with van der Waals surface area (Å²) in [7, 11) is 0. The summed E-state index contributed by atoms with van der Waals surface area (Å²) in [6.45, 7) is 3.95. The number of nitrogens with zero attached hydrogens (tertiary/aromatic N) is 7. The lowest BCUT2D eigenvalue weighted by Gasteiger charge is -2.34. The normalized spacial score (nSPS) is 17.3. The summed E-state index contributed by atoms with van der Waals surface area (Å²) >= 11 is 0. The van der Waals surface area contributed by atoms with E-state index in [9.17, 15) is 4.39 Å². The van der Waals surface area contributed by atoms with Crippen molar-refractivity contribution in [1.29, 1.82) is 0 Å². The molecule has 150 valence electrons. The average molecular weight is 396 g/mol. The Kier molecular flexibility index (Phi) is 4.47. The third kappa shape index (κ3) is 3.15. The largest absolute Gasteiger partial charge is 0.377 e. The number of morpholine rings is 1. The number of nitrogens with one attached hydrogen (secondary N) is 1. The van der Waals surface area contributed by atoms with E-state index < -0.39 is 6.67 Å². The predicted molar refractivity (Wildman–Crippen MR) is 105 cm³/mol. The Hall–Kier alpha value is -3.27. The Morgan fingerprint density at radius 2 is 2.24 bits per heavy atom. The number of imidazole rings is 1. The fraction of sp³-hybridized carbons (Fsp3) is 0.368. The average Bonchev–Trinajstić information content (AvgIpc) is 3.48. The highest BCUT2D eigenvalue weighted by molar-refractivity contribution is 5.81. The Bertz CT molecular complexity index is 1120. The van der Waals surface area contributed by atoms with Crippen LogP contribution in [0.15, 0.2) is 36.8 Å². The molecule has 29 heavy (non-hydrogen) atoms. The number of alkyl halides is 1. The number of aryl methyl sites for hydroxylation is 1. The number of anilines is 1. The predicted octanol–water partition coefficient (Wildman–Crippen LogP) is 2.18. The minimum Gasteiger partial charge on any atom is -0.377 e. The molecule has 0 aliphatic carbocycles. The van der Waals surface area contributed by atoms with Crippen LogP contribution in [0.1, 0.15) is 6.92 Å². The molecule has 1 N–H and O–H groups in total. The number of halogens is 1. The molecule has 0 bridgehead atoms. The van der Waals surface area contributed by atoms with Crippen LogP contribution in [0.2, 0.25) is 0 Å². The van der Waals surface area contributed by atoms with Crippen LogP contribution in [0, 0.1) is 0 Å². The number of fused-ring (bicyclic) bond motifs is 1. The number of hydrogen-bond acceptors (Lipinski definition) is 6. The summed E-state index contributed by atoms with van der Waals surface area (Å²) in [5.74, 6) is 1.49. The second-order valence-electron chi connectivity index (χ2n) is 7.04. The van der Waals surface area contributed by atoms with E-state index in [1.165, 1.54) is 0 Å². The van der Waals surface area contributed by atoms with Crippen LogP contribution < -0.4 is 4.90 Å². The van der Waals surface area contributed by atoms with Crippen LogP contribution in [0.25, 0.3) is 28.3 Å². The van der Waals surface area contributed by atoms with Gasteiger partial charge in [0.2, 0.25) is 0 Å². The fourth-order valence-electron chi connectivity index (χ4n) is 3.66. The topological polar surface area (TPSA) is 89.2 Å². The Balaban J connectivity index is 1.69. The van der Waals surface area contributed by atoms with Crippen LogP contribution >= 0.6 is 0 Å². The monoisotopic (exact) mass is 396 g/mol. The van der Waals surface area contributed by atoms with Gasteiger partial charge in [-0.1, -0.05) is 0 Å². The SMILES string of the molecule is C[C@@H]1COCCN1c1cc(-c2ccn(CCF)n2)c2cnc(-c3ccn[nH]3)n2n1. The van der Waals surface area contributed by atoms with E-state index >= 15 is 0 Å². The second kappa shape index (κ2) is 7.28. The third-order valence-corrected chi connectivity index (χ3v) is 5.12. The van der Waals surface area contributed by atoms with Gasteiger partial charge in [0.1, 0.15) is 12.4 Å². The molecule has 1 atom stereocenters. The molecule has 0 saturated carbocycles. The van der Waals surface area contributed by atoms with Crippen molar-refractivity contribution in [2.24, 2.45) is 0 Å². The Morgan fingerprint density at radius 1 is 1.31 bits per heavy atom. The third-order valence-electron chi connectivity index (χ3n) is 5.12. The van der Waals surface area contributed by atoms with Crippen molar-refractivity contribution in [1.82, 2.24) is 34.6 Å². The molecule has 0 amide bonds. The van der Waals surface area contributed by atoms with Crippen molar-refractivity contribution >= 4 is 11.3 Å². The van der Waals surface area contributed by atoms with Crippen molar-refractivity contribution in [2.45, 2.75) is 19.5 Å². The van der Waals surface area contributed by atoms with E-state index in [1.54, 1.807) is 23.3 Å². The first kappa shape index (κ1) is 17.8. The molecule has 0 unspecified atom stereocenters. The van der Waals surface area contributed by atoms with E-state index in [0.717, 1.165) is 34.8 Å². The standard InChI is InChI=1S/C19H21FN8O/c1-13-12-29-9-8-27(13)18-10-14(15-3-6-26(24-15)7-4-20)17-11-21-19(28(17)25-18)16-2-5-22-23-16/h2-3,5-6,10-11,13H,4,7-9,12H2,1H3,(H,22,23)/t13-/m1/s1. The minimum absolute atomic E-state index is 0.199. The van der Waals surface area contributed by atoms with Gasteiger partial charge in [-0.05, 0) is 25.1 Å². The van der Waals surface area contributed by atoms with Crippen LogP contribution in [0.3, 0.4) is 0 Å². The lowest BCUT2D eigenvalue weighted by atomic mass is 10.1. The molecule has 1 saturated heterocycles. The summed E-state index contributed by atoms with van der Waals surface area (Å²) in [5, 5.41) is 16.4. The van der Waals surface area contributed by atoms with Crippen molar-refractivity contribution in [3.05, 3.63) is 36.8 Å². The number of aromatic amines is 1. The van der Waals surface area contributed by atoms with Crippen LogP contribution in [-0.2, 0) is 11.3 Å². The zero-order valence-corrected chi connectivity index (χ0v) is 16.0. The quantitative estimate of drug-likeness (QED) is 0.556. The van der Waals surface area contributed by atoms with E-state index in [4.69, 9.17) is 9.84 Å². The fourth-order valence-corrected chi connectivity index (χ4v) is 3.66. The zero-order valence-electron chi connectivity index (χ0n) is 16.0. The number of hydrogen-bond donors (Lipinski definition) is 1. The molecule has 5 rings (SSSR count). The van der Waals surface area contributed by atoms with E-state index in [1.807, 2.05) is 22.7 Å². The molecular formula is C19H21FN8O. The first-order valence-corrected chi connectivity index (χ1v) is 9.57. The van der Waals surface area contributed by atoms with E-state index in [-0.39, 0.29) is 12.6 Å². The Morgan fingerprint density at radius 3 is 3.03 bits per heavy atom. The lowest BCUT2D eigenvalue weighted by molar-refractivity contribution is 0.0984. The highest BCUT2D eigenvalue weighted by atomic mass is 19.1. The van der Waals surface area contributed by atoms with Crippen LogP contribution in [0.5, 0.6) is 0 Å². The molecule has 4 aromatic rings. The summed E-state index contributed by atoms with van der Waals surface area (Å²) in [6.07, 6.45) is 5.25. The zero-order chi connectivity index (χ0) is 19.8. The highest BCUT2D eigenvalue weighted by Gasteiger charge is 2.24. The van der Waals surface area contributed by atoms with Gasteiger partial charge in [-0.15, -0.1) is 5.10 Å². The number of rotatable bonds is 5. The molecule has 1 aliphatic rings. The number of aromatic nitrogens is 7. The van der Waals surface area contributed by atoms with Crippen molar-refractivity contribution in [2.75, 3.05) is 31.3 Å². The van der Waals surface area contributed by atoms with Gasteiger partial charge in [-0.25, -0.2) is 13.9 Å². The van der Waals surface area contributed by atoms with Crippen LogP contribution in [-0.4, -0.2) is 67.1 Å². The van der Waals surface area contributed by atoms with Gasteiger partial charge in [0.15, 0.2) is 11.6 Å². The summed E-state index contributed by atoms with van der Waals surface area (Å²) in [5.41, 5.74) is 3.25. The van der Waals surface area contributed by atoms with Gasteiger partial charge in [0.25, 0.3) is 0 Å². The van der Waals surface area contributed by atoms with E-state index in [2.05, 4.69) is 32.1 Å². The first-order chi connectivity index (χ1) is 14.2. The van der Waals surface area contributed by atoms with Gasteiger partial charge >= 0.3 is 0 Å². The molecule has 0 aromatic carbocycles. The summed E-state index contributed by atoms with van der Waals surface area (Å²) in [6, 6.07) is 5.97. The van der Waals surface area contributed by atoms with Gasteiger partial charge in [-0.2, -0.15) is 10.2 Å². The first-order valence-electron chi connectivity index (χ1n) is 9.57. The van der Waals surface area contributed by atoms with Crippen molar-refractivity contribution in [3.8, 4) is 22.8 Å². The molecule has 4 aromatic heterocycles. The molecule has 1 fully saturated rings. The second-order valence-corrected chi connectivity index (χ2v) is 7.04. The van der Waals surface area contributed by atoms with Gasteiger partial charge in [0, 0.05) is 24.5 Å². The summed E-state index contributed by atoms with van der Waals surface area (Å²) in [4.78, 5) is 6.79. The van der Waals surface area contributed by atoms with E-state index in [0.29, 0.717) is 19.0 Å². The Labute approximate surface area is 166 Å². The van der Waals surface area contributed by atoms with Crippen molar-refractivity contribution in [3.63, 3.8) is 0 Å². The maximum atomic E-state index is 12.7. The maximum Gasteiger partial charge on any atom is 0.179 e. The lowest BCUT2D eigenvalue weighted by Crippen LogP contribution is -2.44. The van der Waals surface area contributed by atoms with Gasteiger partial charge in [-0.3, -0.25) is 9.78 Å². The smallest absolute Gasteiger partial charge is 0.179 e. The van der Waals surface area contributed by atoms with Crippen molar-refractivity contribution < 1.29 is 9.13 Å².